The Morgan fingerprint density at radius 1 is 1.45 bits per heavy atom. The monoisotopic (exact) mass is 349 g/mol. The summed E-state index contributed by atoms with van der Waals surface area (Å²) in [4.78, 5) is 11.6. The largest absolute Gasteiger partial charge is 0.482 e. The summed E-state index contributed by atoms with van der Waals surface area (Å²) in [5, 5.41) is 3.24. The summed E-state index contributed by atoms with van der Waals surface area (Å²) in [6.07, 6.45) is 0. The predicted octanol–water partition coefficient (Wildman–Crippen LogP) is 1.39. The van der Waals surface area contributed by atoms with Gasteiger partial charge in [-0.25, -0.2) is 4.39 Å². The molecule has 0 bridgehead atoms. The van der Waals surface area contributed by atoms with Crippen molar-refractivity contribution in [2.75, 3.05) is 20.3 Å². The molecule has 1 aromatic carbocycles. The number of hydrazine groups is 1. The van der Waals surface area contributed by atoms with E-state index in [4.69, 9.17) is 33.3 Å². The maximum Gasteiger partial charge on any atom is 0.276 e. The predicted molar refractivity (Wildman–Crippen MR) is 85.3 cm³/mol. The molecule has 0 aliphatic heterocycles. The second-order valence-corrected chi connectivity index (χ2v) is 5.18. The topological polar surface area (TPSA) is 71.6 Å². The molecule has 0 aliphatic carbocycles. The number of rotatable bonds is 6. The maximum absolute atomic E-state index is 12.9. The molecule has 0 heterocycles. The lowest BCUT2D eigenvalue weighted by molar-refractivity contribution is -0.123. The Morgan fingerprint density at radius 3 is 2.82 bits per heavy atom. The second kappa shape index (κ2) is 9.39. The van der Waals surface area contributed by atoms with Crippen LogP contribution in [0.5, 0.6) is 5.75 Å². The van der Waals surface area contributed by atoms with E-state index < -0.39 is 11.7 Å². The van der Waals surface area contributed by atoms with Crippen molar-refractivity contribution in [2.24, 2.45) is 0 Å². The van der Waals surface area contributed by atoms with E-state index in [9.17, 15) is 9.18 Å². The molecule has 0 aromatic heterocycles. The summed E-state index contributed by atoms with van der Waals surface area (Å²) >= 11 is 10.8. The lowest BCUT2D eigenvalue weighted by Crippen LogP contribution is -2.50. The van der Waals surface area contributed by atoms with Gasteiger partial charge in [0.05, 0.1) is 11.6 Å². The first-order valence-corrected chi connectivity index (χ1v) is 7.13. The van der Waals surface area contributed by atoms with Crippen LogP contribution in [0.3, 0.4) is 0 Å². The molecule has 122 valence electrons. The third-order valence-electron chi connectivity index (χ3n) is 2.36. The summed E-state index contributed by atoms with van der Waals surface area (Å²) in [6.45, 7) is 2.05. The van der Waals surface area contributed by atoms with E-state index >= 15 is 0 Å². The molecule has 0 radical (unpaired) electrons. The minimum Gasteiger partial charge on any atom is -0.482 e. The van der Waals surface area contributed by atoms with Crippen LogP contribution in [0.4, 0.5) is 4.39 Å². The number of ether oxygens (including phenoxy) is 2. The van der Waals surface area contributed by atoms with Gasteiger partial charge in [-0.15, -0.1) is 0 Å². The average molecular weight is 350 g/mol. The van der Waals surface area contributed by atoms with Crippen molar-refractivity contribution < 1.29 is 18.7 Å². The Kier molecular flexibility index (Phi) is 7.86. The van der Waals surface area contributed by atoms with E-state index in [2.05, 4.69) is 16.2 Å². The first kappa shape index (κ1) is 18.4. The van der Waals surface area contributed by atoms with Gasteiger partial charge in [0, 0.05) is 13.2 Å². The van der Waals surface area contributed by atoms with Gasteiger partial charge in [0.25, 0.3) is 5.91 Å². The van der Waals surface area contributed by atoms with Gasteiger partial charge in [-0.05, 0) is 37.3 Å². The highest BCUT2D eigenvalue weighted by atomic mass is 35.5. The van der Waals surface area contributed by atoms with Crippen molar-refractivity contribution in [2.45, 2.75) is 13.0 Å². The van der Waals surface area contributed by atoms with Crippen LogP contribution in [0.25, 0.3) is 0 Å². The van der Waals surface area contributed by atoms with Gasteiger partial charge in [-0.1, -0.05) is 11.6 Å². The fraction of sp³-hybridized carbons (Fsp3) is 0.385. The molecule has 0 spiro atoms. The summed E-state index contributed by atoms with van der Waals surface area (Å²) < 4.78 is 23.0. The van der Waals surface area contributed by atoms with Crippen LogP contribution >= 0.6 is 23.8 Å². The minimum absolute atomic E-state index is 0.00354. The van der Waals surface area contributed by atoms with Crippen molar-refractivity contribution in [3.05, 3.63) is 29.0 Å². The lowest BCUT2D eigenvalue weighted by atomic mass is 10.3. The highest BCUT2D eigenvalue weighted by Gasteiger charge is 2.08. The van der Waals surface area contributed by atoms with Gasteiger partial charge in [0.15, 0.2) is 11.7 Å². The molecule has 0 aliphatic rings. The molecule has 1 atom stereocenters. The summed E-state index contributed by atoms with van der Waals surface area (Å²) in [5.41, 5.74) is 4.88. The van der Waals surface area contributed by atoms with Crippen LogP contribution in [0, 0.1) is 5.82 Å². The first-order valence-electron chi connectivity index (χ1n) is 6.34. The highest BCUT2D eigenvalue weighted by molar-refractivity contribution is 7.80. The Bertz CT molecular complexity index is 533. The molecule has 1 amide bonds. The van der Waals surface area contributed by atoms with E-state index in [1.54, 1.807) is 7.11 Å². The number of carbonyl (C=O) groups is 1. The van der Waals surface area contributed by atoms with Gasteiger partial charge < -0.3 is 14.8 Å². The molecule has 0 saturated carbocycles. The minimum atomic E-state index is -0.481. The van der Waals surface area contributed by atoms with Crippen molar-refractivity contribution in [3.8, 4) is 5.75 Å². The standard InChI is InChI=1S/C13H17ClFN3O3S/c1-8(6-20-2)16-13(22)18-17-12(19)7-21-11-4-3-9(15)5-10(11)14/h3-5,8H,6-7H2,1-2H3,(H,17,19)(H2,16,18,22)/t8-/m0/s1. The average Bonchev–Trinajstić information content (AvgIpc) is 2.44. The van der Waals surface area contributed by atoms with E-state index in [0.717, 1.165) is 6.07 Å². The second-order valence-electron chi connectivity index (χ2n) is 4.37. The number of carbonyl (C=O) groups excluding carboxylic acids is 1. The maximum atomic E-state index is 12.9. The Hall–Kier alpha value is -1.64. The fourth-order valence-corrected chi connectivity index (χ4v) is 1.92. The van der Waals surface area contributed by atoms with Crippen LogP contribution in [-0.2, 0) is 9.53 Å². The van der Waals surface area contributed by atoms with Gasteiger partial charge in [-0.2, -0.15) is 0 Å². The molecule has 3 N–H and O–H groups in total. The molecular weight excluding hydrogens is 333 g/mol. The van der Waals surface area contributed by atoms with Gasteiger partial charge in [0.1, 0.15) is 11.6 Å². The van der Waals surface area contributed by atoms with Crippen molar-refractivity contribution in [1.29, 1.82) is 0 Å². The highest BCUT2D eigenvalue weighted by Crippen LogP contribution is 2.24. The molecule has 1 rings (SSSR count). The number of methoxy groups -OCH3 is 1. The zero-order chi connectivity index (χ0) is 16.5. The SMILES string of the molecule is COC[C@H](C)NC(=S)NNC(=O)COc1ccc(F)cc1Cl. The number of halogens is 2. The van der Waals surface area contributed by atoms with Gasteiger partial charge in [0.2, 0.25) is 0 Å². The zero-order valence-corrected chi connectivity index (χ0v) is 13.7. The Morgan fingerprint density at radius 2 is 2.18 bits per heavy atom. The summed E-state index contributed by atoms with van der Waals surface area (Å²) in [5.74, 6) is -0.735. The van der Waals surface area contributed by atoms with Crippen LogP contribution < -0.4 is 20.9 Å². The van der Waals surface area contributed by atoms with E-state index in [-0.39, 0.29) is 28.5 Å². The van der Waals surface area contributed by atoms with Crippen LogP contribution in [0.2, 0.25) is 5.02 Å². The van der Waals surface area contributed by atoms with Gasteiger partial charge >= 0.3 is 0 Å². The quantitative estimate of drug-likeness (QED) is 0.532. The first-order chi connectivity index (χ1) is 10.4. The van der Waals surface area contributed by atoms with E-state index in [1.165, 1.54) is 12.1 Å². The molecule has 6 nitrogen and oxygen atoms in total. The number of thiocarbonyl (C=S) groups is 1. The Labute approximate surface area is 138 Å². The molecule has 0 unspecified atom stereocenters. The third-order valence-corrected chi connectivity index (χ3v) is 2.88. The Balaban J connectivity index is 2.30. The van der Waals surface area contributed by atoms with Crippen LogP contribution in [0.1, 0.15) is 6.92 Å². The molecule has 1 aromatic rings. The number of amides is 1. The molecule has 9 heteroatoms. The van der Waals surface area contributed by atoms with Crippen molar-refractivity contribution >= 4 is 34.8 Å². The number of benzene rings is 1. The van der Waals surface area contributed by atoms with Crippen LogP contribution in [0.15, 0.2) is 18.2 Å². The number of nitrogens with one attached hydrogen (secondary N) is 3. The lowest BCUT2D eigenvalue weighted by Gasteiger charge is -2.16. The molecular formula is C13H17ClFN3O3S. The zero-order valence-electron chi connectivity index (χ0n) is 12.1. The number of hydrogen-bond donors (Lipinski definition) is 3. The fourth-order valence-electron chi connectivity index (χ4n) is 1.45. The number of hydrogen-bond acceptors (Lipinski definition) is 4. The summed E-state index contributed by atoms with van der Waals surface area (Å²) in [6, 6.07) is 3.63. The van der Waals surface area contributed by atoms with Crippen molar-refractivity contribution in [3.63, 3.8) is 0 Å². The van der Waals surface area contributed by atoms with Gasteiger partial charge in [-0.3, -0.25) is 15.6 Å². The smallest absolute Gasteiger partial charge is 0.276 e. The van der Waals surface area contributed by atoms with E-state index in [0.29, 0.717) is 6.61 Å². The third kappa shape index (κ3) is 6.88. The van der Waals surface area contributed by atoms with Crippen molar-refractivity contribution in [1.82, 2.24) is 16.2 Å². The molecule has 22 heavy (non-hydrogen) atoms. The van der Waals surface area contributed by atoms with Crippen LogP contribution in [-0.4, -0.2) is 37.4 Å². The normalized spacial score (nSPS) is 11.5. The molecule has 0 saturated heterocycles. The summed E-state index contributed by atoms with van der Waals surface area (Å²) in [7, 11) is 1.58. The molecule has 0 fully saturated rings. The van der Waals surface area contributed by atoms with E-state index in [1.807, 2.05) is 6.92 Å².